The lowest BCUT2D eigenvalue weighted by atomic mass is 9.71. The standard InChI is InChI=1S/C39H57N.BrH/c1-2-3-4-5-6-7-8-9-10-11-12-13-14-24-31-38(32-35-25-18-15-19-26-35)39(40,33-36-27-20-16-21-28-36)34-37-29-22-17-23-30-37;/h15-23,25-30,38H,2-14,24,31-34,40H2,1H3;1H. The Kier molecular flexibility index (Phi) is 18.7. The first-order chi connectivity index (χ1) is 19.7. The van der Waals surface area contributed by atoms with Crippen LogP contribution in [-0.2, 0) is 19.3 Å². The Bertz CT molecular complexity index is 946. The van der Waals surface area contributed by atoms with E-state index in [1.54, 1.807) is 0 Å². The van der Waals surface area contributed by atoms with Gasteiger partial charge in [0.15, 0.2) is 0 Å². The zero-order chi connectivity index (χ0) is 28.1. The summed E-state index contributed by atoms with van der Waals surface area (Å²) in [7, 11) is 0. The lowest BCUT2D eigenvalue weighted by Gasteiger charge is -2.39. The van der Waals surface area contributed by atoms with Gasteiger partial charge >= 0.3 is 0 Å². The van der Waals surface area contributed by atoms with Gasteiger partial charge in [-0.1, -0.05) is 188 Å². The quantitative estimate of drug-likeness (QED) is 0.111. The molecule has 2 N–H and O–H groups in total. The summed E-state index contributed by atoms with van der Waals surface area (Å²) < 4.78 is 0. The SMILES string of the molecule is Br.CCCCCCCCCCCCCCCCC(Cc1ccccc1)C(N)(Cc1ccccc1)Cc1ccccc1. The van der Waals surface area contributed by atoms with E-state index in [9.17, 15) is 0 Å². The van der Waals surface area contributed by atoms with Gasteiger partial charge in [0.25, 0.3) is 0 Å². The number of unbranched alkanes of at least 4 members (excludes halogenated alkanes) is 13. The minimum Gasteiger partial charge on any atom is -0.324 e. The fraction of sp³-hybridized carbons (Fsp3) is 0.538. The fourth-order valence-corrected chi connectivity index (χ4v) is 6.38. The van der Waals surface area contributed by atoms with Gasteiger partial charge in [0.1, 0.15) is 0 Å². The molecule has 3 aromatic carbocycles. The summed E-state index contributed by atoms with van der Waals surface area (Å²) in [5.74, 6) is 0.438. The van der Waals surface area contributed by atoms with Crippen LogP contribution < -0.4 is 5.73 Å². The van der Waals surface area contributed by atoms with Crippen LogP contribution in [-0.4, -0.2) is 5.54 Å². The highest BCUT2D eigenvalue weighted by molar-refractivity contribution is 8.93. The molecule has 3 rings (SSSR count). The Hall–Kier alpha value is -1.90. The van der Waals surface area contributed by atoms with Crippen molar-refractivity contribution in [2.75, 3.05) is 0 Å². The van der Waals surface area contributed by atoms with Crippen molar-refractivity contribution < 1.29 is 0 Å². The maximum absolute atomic E-state index is 7.51. The van der Waals surface area contributed by atoms with Gasteiger partial charge < -0.3 is 5.73 Å². The Morgan fingerprint density at radius 1 is 0.488 bits per heavy atom. The molecule has 0 heterocycles. The van der Waals surface area contributed by atoms with Gasteiger partial charge in [0.05, 0.1) is 0 Å². The van der Waals surface area contributed by atoms with E-state index < -0.39 is 0 Å². The molecule has 3 aromatic rings. The third kappa shape index (κ3) is 14.7. The maximum Gasteiger partial charge on any atom is 0.0267 e. The Morgan fingerprint density at radius 2 is 0.829 bits per heavy atom. The lowest BCUT2D eigenvalue weighted by molar-refractivity contribution is 0.241. The summed E-state index contributed by atoms with van der Waals surface area (Å²) in [5, 5.41) is 0. The second-order valence-electron chi connectivity index (χ2n) is 12.3. The van der Waals surface area contributed by atoms with Gasteiger partial charge in [-0.3, -0.25) is 0 Å². The van der Waals surface area contributed by atoms with Gasteiger partial charge in [0.2, 0.25) is 0 Å². The molecule has 1 nitrogen and oxygen atoms in total. The molecule has 0 aromatic heterocycles. The van der Waals surface area contributed by atoms with Crippen LogP contribution in [0.15, 0.2) is 91.0 Å². The van der Waals surface area contributed by atoms with Crippen molar-refractivity contribution in [2.24, 2.45) is 11.7 Å². The minimum absolute atomic E-state index is 0. The zero-order valence-electron chi connectivity index (χ0n) is 26.0. The van der Waals surface area contributed by atoms with Gasteiger partial charge in [-0.05, 0) is 48.3 Å². The van der Waals surface area contributed by atoms with Gasteiger partial charge in [0, 0.05) is 5.54 Å². The van der Waals surface area contributed by atoms with Crippen LogP contribution in [0.1, 0.15) is 120 Å². The molecule has 0 amide bonds. The summed E-state index contributed by atoms with van der Waals surface area (Å²) in [6.07, 6.45) is 23.7. The van der Waals surface area contributed by atoms with E-state index in [1.165, 1.54) is 113 Å². The summed E-state index contributed by atoms with van der Waals surface area (Å²) in [6, 6.07) is 32.8. The molecule has 0 bridgehead atoms. The first kappa shape index (κ1) is 35.3. The van der Waals surface area contributed by atoms with Gasteiger partial charge in [-0.2, -0.15) is 0 Å². The van der Waals surface area contributed by atoms with Gasteiger partial charge in [-0.25, -0.2) is 0 Å². The molecule has 0 saturated heterocycles. The van der Waals surface area contributed by atoms with E-state index >= 15 is 0 Å². The smallest absolute Gasteiger partial charge is 0.0267 e. The van der Waals surface area contributed by atoms with Crippen LogP contribution in [0.25, 0.3) is 0 Å². The number of hydrogen-bond acceptors (Lipinski definition) is 1. The van der Waals surface area contributed by atoms with Crippen LogP contribution in [0.4, 0.5) is 0 Å². The molecule has 0 aliphatic carbocycles. The fourth-order valence-electron chi connectivity index (χ4n) is 6.38. The molecule has 1 atom stereocenters. The van der Waals surface area contributed by atoms with Crippen molar-refractivity contribution in [3.8, 4) is 0 Å². The molecule has 0 saturated carbocycles. The van der Waals surface area contributed by atoms with E-state index in [-0.39, 0.29) is 22.5 Å². The molecular weight excluding hydrogens is 562 g/mol. The number of nitrogens with two attached hydrogens (primary N) is 1. The first-order valence-electron chi connectivity index (χ1n) is 16.6. The van der Waals surface area contributed by atoms with Crippen LogP contribution in [0, 0.1) is 5.92 Å². The highest BCUT2D eigenvalue weighted by atomic mass is 79.9. The Labute approximate surface area is 263 Å². The predicted molar refractivity (Wildman–Crippen MR) is 186 cm³/mol. The van der Waals surface area contributed by atoms with Crippen molar-refractivity contribution in [2.45, 2.75) is 128 Å². The Balaban J connectivity index is 0.00000588. The van der Waals surface area contributed by atoms with Gasteiger partial charge in [-0.15, -0.1) is 17.0 Å². The minimum atomic E-state index is -0.283. The van der Waals surface area contributed by atoms with E-state index in [0.29, 0.717) is 5.92 Å². The molecule has 1 unspecified atom stereocenters. The van der Waals surface area contributed by atoms with Crippen molar-refractivity contribution in [3.63, 3.8) is 0 Å². The largest absolute Gasteiger partial charge is 0.324 e. The topological polar surface area (TPSA) is 26.0 Å². The summed E-state index contributed by atoms with van der Waals surface area (Å²) in [5.41, 5.74) is 11.3. The zero-order valence-corrected chi connectivity index (χ0v) is 27.7. The molecule has 0 fully saturated rings. The summed E-state index contributed by atoms with van der Waals surface area (Å²) in [4.78, 5) is 0. The van der Waals surface area contributed by atoms with Crippen molar-refractivity contribution in [1.82, 2.24) is 0 Å². The normalized spacial score (nSPS) is 12.1. The molecule has 0 spiro atoms. The molecule has 0 aliphatic heterocycles. The third-order valence-corrected chi connectivity index (χ3v) is 8.80. The maximum atomic E-state index is 7.51. The van der Waals surface area contributed by atoms with Crippen molar-refractivity contribution >= 4 is 17.0 Å². The highest BCUT2D eigenvalue weighted by Crippen LogP contribution is 2.32. The molecule has 2 heteroatoms. The van der Waals surface area contributed by atoms with Crippen LogP contribution in [0.5, 0.6) is 0 Å². The average Bonchev–Trinajstić information content (AvgIpc) is 2.98. The first-order valence-corrected chi connectivity index (χ1v) is 16.6. The van der Waals surface area contributed by atoms with Crippen LogP contribution in [0.3, 0.4) is 0 Å². The highest BCUT2D eigenvalue weighted by Gasteiger charge is 2.35. The summed E-state index contributed by atoms with van der Waals surface area (Å²) >= 11 is 0. The molecule has 0 radical (unpaired) electrons. The van der Waals surface area contributed by atoms with E-state index in [2.05, 4.69) is 97.9 Å². The Morgan fingerprint density at radius 3 is 1.22 bits per heavy atom. The third-order valence-electron chi connectivity index (χ3n) is 8.80. The number of hydrogen-bond donors (Lipinski definition) is 1. The van der Waals surface area contributed by atoms with Crippen molar-refractivity contribution in [1.29, 1.82) is 0 Å². The molecule has 226 valence electrons. The second kappa shape index (κ2) is 21.8. The van der Waals surface area contributed by atoms with Crippen LogP contribution in [0.2, 0.25) is 0 Å². The van der Waals surface area contributed by atoms with Crippen molar-refractivity contribution in [3.05, 3.63) is 108 Å². The average molecular weight is 621 g/mol. The monoisotopic (exact) mass is 619 g/mol. The lowest BCUT2D eigenvalue weighted by Crippen LogP contribution is -2.52. The summed E-state index contributed by atoms with van der Waals surface area (Å²) in [6.45, 7) is 2.30. The van der Waals surface area contributed by atoms with E-state index in [1.807, 2.05) is 0 Å². The molecular formula is C39H58BrN. The van der Waals surface area contributed by atoms with E-state index in [0.717, 1.165) is 19.3 Å². The van der Waals surface area contributed by atoms with Crippen LogP contribution >= 0.6 is 17.0 Å². The second-order valence-corrected chi connectivity index (χ2v) is 12.3. The predicted octanol–water partition coefficient (Wildman–Crippen LogP) is 11.5. The number of benzene rings is 3. The molecule has 41 heavy (non-hydrogen) atoms. The van der Waals surface area contributed by atoms with E-state index in [4.69, 9.17) is 5.73 Å². The number of halogens is 1. The molecule has 0 aliphatic rings. The number of rotatable bonds is 22.